The molecule has 2 aromatic rings. The number of halogens is 1. The van der Waals surface area contributed by atoms with Crippen LogP contribution in [0.1, 0.15) is 18.1 Å². The lowest BCUT2D eigenvalue weighted by Gasteiger charge is -2.08. The van der Waals surface area contributed by atoms with Gasteiger partial charge in [-0.15, -0.1) is 0 Å². The monoisotopic (exact) mass is 301 g/mol. The number of rotatable bonds is 4. The van der Waals surface area contributed by atoms with E-state index in [1.807, 2.05) is 0 Å². The summed E-state index contributed by atoms with van der Waals surface area (Å²) >= 11 is 0. The quantitative estimate of drug-likeness (QED) is 0.490. The van der Waals surface area contributed by atoms with Gasteiger partial charge in [0.25, 0.3) is 0 Å². The molecule has 114 valence electrons. The average molecular weight is 301 g/mol. The average Bonchev–Trinajstić information content (AvgIpc) is 2.49. The minimum absolute atomic E-state index is 0.294. The minimum Gasteiger partial charge on any atom is -0.493 e. The van der Waals surface area contributed by atoms with Gasteiger partial charge in [-0.05, 0) is 48.4 Å². The van der Waals surface area contributed by atoms with Gasteiger partial charge in [0.05, 0.1) is 12.8 Å². The summed E-state index contributed by atoms with van der Waals surface area (Å²) in [6.07, 6.45) is 1.59. The molecule has 0 radical (unpaired) electrons. The molecule has 0 unspecified atom stereocenters. The van der Waals surface area contributed by atoms with Crippen LogP contribution in [0.3, 0.4) is 0 Å². The third-order valence-electron chi connectivity index (χ3n) is 2.96. The molecule has 0 aliphatic carbocycles. The standard InChI is InChI=1S/C17H16FNO3/c1-11-4-6-14(9-15(11)18)19-10-13-5-7-16(22-12(2)20)17(8-13)21-3/h4-10H,1-3H3. The second kappa shape index (κ2) is 6.85. The number of ether oxygens (including phenoxy) is 2. The Morgan fingerprint density at radius 2 is 1.95 bits per heavy atom. The normalized spacial score (nSPS) is 10.7. The number of carbonyl (C=O) groups is 1. The smallest absolute Gasteiger partial charge is 0.308 e. The lowest BCUT2D eigenvalue weighted by molar-refractivity contribution is -0.132. The van der Waals surface area contributed by atoms with Crippen LogP contribution in [0.5, 0.6) is 11.5 Å². The van der Waals surface area contributed by atoms with Crippen molar-refractivity contribution in [3.63, 3.8) is 0 Å². The Morgan fingerprint density at radius 3 is 2.59 bits per heavy atom. The zero-order valence-corrected chi connectivity index (χ0v) is 12.6. The van der Waals surface area contributed by atoms with Gasteiger partial charge in [0.2, 0.25) is 0 Å². The van der Waals surface area contributed by atoms with Gasteiger partial charge in [0.15, 0.2) is 11.5 Å². The molecule has 0 saturated carbocycles. The van der Waals surface area contributed by atoms with Gasteiger partial charge in [-0.2, -0.15) is 0 Å². The van der Waals surface area contributed by atoms with E-state index in [0.29, 0.717) is 22.7 Å². The highest BCUT2D eigenvalue weighted by Crippen LogP contribution is 2.28. The fourth-order valence-corrected chi connectivity index (χ4v) is 1.81. The Morgan fingerprint density at radius 1 is 1.18 bits per heavy atom. The van der Waals surface area contributed by atoms with E-state index in [1.165, 1.54) is 20.1 Å². The second-order valence-corrected chi connectivity index (χ2v) is 4.70. The van der Waals surface area contributed by atoms with Crippen molar-refractivity contribution < 1.29 is 18.7 Å². The molecule has 0 bridgehead atoms. The molecule has 2 aromatic carbocycles. The van der Waals surface area contributed by atoms with Gasteiger partial charge in [-0.3, -0.25) is 9.79 Å². The maximum atomic E-state index is 13.5. The van der Waals surface area contributed by atoms with E-state index < -0.39 is 5.97 Å². The number of methoxy groups -OCH3 is 1. The number of nitrogens with zero attached hydrogens (tertiary/aromatic N) is 1. The highest BCUT2D eigenvalue weighted by atomic mass is 19.1. The highest BCUT2D eigenvalue weighted by Gasteiger charge is 2.07. The Labute approximate surface area is 128 Å². The SMILES string of the molecule is COc1cc(C=Nc2ccc(C)c(F)c2)ccc1OC(C)=O. The fraction of sp³-hybridized carbons (Fsp3) is 0.176. The van der Waals surface area contributed by atoms with Crippen LogP contribution in [0.25, 0.3) is 0 Å². The molecule has 0 aromatic heterocycles. The van der Waals surface area contributed by atoms with Crippen molar-refractivity contribution in [2.45, 2.75) is 13.8 Å². The number of aryl methyl sites for hydroxylation is 1. The molecular formula is C17H16FNO3. The predicted molar refractivity (Wildman–Crippen MR) is 82.7 cm³/mol. The van der Waals surface area contributed by atoms with Crippen LogP contribution in [0.2, 0.25) is 0 Å². The summed E-state index contributed by atoms with van der Waals surface area (Å²) in [7, 11) is 1.48. The predicted octanol–water partition coefficient (Wildman–Crippen LogP) is 3.82. The molecule has 0 amide bonds. The van der Waals surface area contributed by atoms with Crippen molar-refractivity contribution in [1.82, 2.24) is 0 Å². The maximum absolute atomic E-state index is 13.5. The third-order valence-corrected chi connectivity index (χ3v) is 2.96. The van der Waals surface area contributed by atoms with Gasteiger partial charge < -0.3 is 9.47 Å². The topological polar surface area (TPSA) is 47.9 Å². The Hall–Kier alpha value is -2.69. The zero-order valence-electron chi connectivity index (χ0n) is 12.6. The molecule has 0 heterocycles. The van der Waals surface area contributed by atoms with Crippen molar-refractivity contribution in [3.8, 4) is 11.5 Å². The molecule has 0 fully saturated rings. The Balaban J connectivity index is 2.23. The summed E-state index contributed by atoms with van der Waals surface area (Å²) in [6, 6.07) is 9.82. The van der Waals surface area contributed by atoms with E-state index in [2.05, 4.69) is 4.99 Å². The minimum atomic E-state index is -0.421. The van der Waals surface area contributed by atoms with Gasteiger partial charge >= 0.3 is 5.97 Å². The second-order valence-electron chi connectivity index (χ2n) is 4.70. The zero-order chi connectivity index (χ0) is 16.1. The summed E-state index contributed by atoms with van der Waals surface area (Å²) in [5.41, 5.74) is 1.84. The largest absolute Gasteiger partial charge is 0.493 e. The first-order chi connectivity index (χ1) is 10.5. The van der Waals surface area contributed by atoms with Crippen molar-refractivity contribution in [3.05, 3.63) is 53.3 Å². The van der Waals surface area contributed by atoms with Crippen molar-refractivity contribution >= 4 is 17.9 Å². The van der Waals surface area contributed by atoms with Gasteiger partial charge in [-0.1, -0.05) is 6.07 Å². The van der Waals surface area contributed by atoms with Gasteiger partial charge in [0, 0.05) is 13.1 Å². The third kappa shape index (κ3) is 3.91. The van der Waals surface area contributed by atoms with Crippen molar-refractivity contribution in [1.29, 1.82) is 0 Å². The summed E-state index contributed by atoms with van der Waals surface area (Å²) in [5, 5.41) is 0. The summed E-state index contributed by atoms with van der Waals surface area (Å²) in [5.74, 6) is 0.0510. The summed E-state index contributed by atoms with van der Waals surface area (Å²) in [4.78, 5) is 15.2. The molecule has 4 nitrogen and oxygen atoms in total. The number of hydrogen-bond donors (Lipinski definition) is 0. The molecule has 0 spiro atoms. The summed E-state index contributed by atoms with van der Waals surface area (Å²) in [6.45, 7) is 3.02. The molecule has 2 rings (SSSR count). The Bertz CT molecular complexity index is 726. The molecular weight excluding hydrogens is 285 g/mol. The maximum Gasteiger partial charge on any atom is 0.308 e. The molecule has 5 heteroatoms. The highest BCUT2D eigenvalue weighted by molar-refractivity contribution is 5.83. The van der Waals surface area contributed by atoms with Crippen LogP contribution < -0.4 is 9.47 Å². The number of hydrogen-bond acceptors (Lipinski definition) is 4. The van der Waals surface area contributed by atoms with E-state index >= 15 is 0 Å². The molecule has 0 aliphatic rings. The molecule has 0 saturated heterocycles. The first kappa shape index (κ1) is 15.7. The van der Waals surface area contributed by atoms with Crippen molar-refractivity contribution in [2.24, 2.45) is 4.99 Å². The first-order valence-corrected chi connectivity index (χ1v) is 6.66. The molecule has 0 aliphatic heterocycles. The van der Waals surface area contributed by atoms with Crippen LogP contribution >= 0.6 is 0 Å². The number of benzene rings is 2. The number of carbonyl (C=O) groups excluding carboxylic acids is 1. The van der Waals surface area contributed by atoms with Crippen LogP contribution in [0.4, 0.5) is 10.1 Å². The van der Waals surface area contributed by atoms with Crippen LogP contribution in [-0.4, -0.2) is 19.3 Å². The van der Waals surface area contributed by atoms with Crippen LogP contribution in [-0.2, 0) is 4.79 Å². The van der Waals surface area contributed by atoms with E-state index in [4.69, 9.17) is 9.47 Å². The van der Waals surface area contributed by atoms with E-state index in [0.717, 1.165) is 5.56 Å². The lowest BCUT2D eigenvalue weighted by atomic mass is 10.2. The van der Waals surface area contributed by atoms with E-state index in [-0.39, 0.29) is 5.82 Å². The first-order valence-electron chi connectivity index (χ1n) is 6.66. The van der Waals surface area contributed by atoms with Crippen molar-refractivity contribution in [2.75, 3.05) is 7.11 Å². The van der Waals surface area contributed by atoms with Gasteiger partial charge in [-0.25, -0.2) is 4.39 Å². The van der Waals surface area contributed by atoms with E-state index in [9.17, 15) is 9.18 Å². The molecule has 0 N–H and O–H groups in total. The van der Waals surface area contributed by atoms with Crippen LogP contribution in [0, 0.1) is 12.7 Å². The molecule has 22 heavy (non-hydrogen) atoms. The number of aliphatic imine (C=N–C) groups is 1. The Kier molecular flexibility index (Phi) is 4.88. The van der Waals surface area contributed by atoms with Gasteiger partial charge in [0.1, 0.15) is 5.82 Å². The summed E-state index contributed by atoms with van der Waals surface area (Å²) < 4.78 is 23.7. The fourth-order valence-electron chi connectivity index (χ4n) is 1.81. The van der Waals surface area contributed by atoms with Crippen LogP contribution in [0.15, 0.2) is 41.4 Å². The molecule has 0 atom stereocenters. The number of esters is 1. The van der Waals surface area contributed by atoms with E-state index in [1.54, 1.807) is 43.5 Å². The lowest BCUT2D eigenvalue weighted by Crippen LogP contribution is -2.03.